The van der Waals surface area contributed by atoms with Crippen LogP contribution in [0.1, 0.15) is 41.2 Å². The fraction of sp³-hybridized carbons (Fsp3) is 0.278. The van der Waals surface area contributed by atoms with E-state index in [1.807, 2.05) is 18.2 Å². The van der Waals surface area contributed by atoms with Gasteiger partial charge in [0.05, 0.1) is 10.6 Å². The molecular weight excluding hydrogens is 344 g/mol. The number of carbonyl (C=O) groups excluding carboxylic acids is 2. The summed E-state index contributed by atoms with van der Waals surface area (Å²) in [5.41, 5.74) is 1.47. The van der Waals surface area contributed by atoms with Gasteiger partial charge in [-0.1, -0.05) is 55.0 Å². The Morgan fingerprint density at radius 1 is 1.33 bits per heavy atom. The number of Topliss-reactive ketones (excluding diaryl/α,β-unsaturated/α-hetero) is 1. The van der Waals surface area contributed by atoms with Crippen LogP contribution in [0, 0.1) is 5.41 Å². The number of thiazole rings is 1. The van der Waals surface area contributed by atoms with Crippen LogP contribution in [-0.2, 0) is 11.2 Å². The van der Waals surface area contributed by atoms with Crippen LogP contribution >= 0.6 is 22.9 Å². The van der Waals surface area contributed by atoms with Crippen molar-refractivity contribution in [2.75, 3.05) is 5.32 Å². The number of rotatable bonds is 3. The molecular formula is C18H17ClN2O2S. The molecule has 1 amide bonds. The van der Waals surface area contributed by atoms with Gasteiger partial charge in [0.1, 0.15) is 0 Å². The molecule has 3 rings (SSSR count). The predicted molar refractivity (Wildman–Crippen MR) is 97.7 cm³/mol. The summed E-state index contributed by atoms with van der Waals surface area (Å²) in [5, 5.41) is 3.76. The van der Waals surface area contributed by atoms with Crippen LogP contribution in [0.25, 0.3) is 6.08 Å². The molecule has 0 fully saturated rings. The fourth-order valence-electron chi connectivity index (χ4n) is 2.70. The van der Waals surface area contributed by atoms with E-state index in [0.29, 0.717) is 21.5 Å². The van der Waals surface area contributed by atoms with Gasteiger partial charge < -0.3 is 0 Å². The zero-order chi connectivity index (χ0) is 17.3. The standard InChI is InChI=1S/C18H17ClN2O2S/c1-18(2)9-13-16(14(22)10-18)24-17(20-13)21-15(23)8-7-11-5-3-4-6-12(11)19/h3-8H,9-10H2,1-2H3,(H,20,21,23). The molecule has 1 N–H and O–H groups in total. The second kappa shape index (κ2) is 6.49. The minimum absolute atomic E-state index is 0.0800. The summed E-state index contributed by atoms with van der Waals surface area (Å²) in [6.07, 6.45) is 4.32. The molecule has 6 heteroatoms. The third-order valence-electron chi connectivity index (χ3n) is 3.79. The number of halogens is 1. The first-order valence-corrected chi connectivity index (χ1v) is 8.80. The summed E-state index contributed by atoms with van der Waals surface area (Å²) in [7, 11) is 0. The summed E-state index contributed by atoms with van der Waals surface area (Å²) in [4.78, 5) is 29.3. The third-order valence-corrected chi connectivity index (χ3v) is 5.18. The lowest BCUT2D eigenvalue weighted by molar-refractivity contribution is -0.111. The second-order valence-corrected chi connectivity index (χ2v) is 7.99. The molecule has 1 aliphatic rings. The highest BCUT2D eigenvalue weighted by atomic mass is 35.5. The average molecular weight is 361 g/mol. The normalized spacial score (nSPS) is 16.2. The SMILES string of the molecule is CC1(C)CC(=O)c2sc(NC(=O)C=Cc3ccccc3Cl)nc2C1. The van der Waals surface area contributed by atoms with Crippen LogP contribution in [0.2, 0.25) is 5.02 Å². The van der Waals surface area contributed by atoms with Gasteiger partial charge in [0.15, 0.2) is 10.9 Å². The Morgan fingerprint density at radius 2 is 2.08 bits per heavy atom. The zero-order valence-corrected chi connectivity index (χ0v) is 15.0. The van der Waals surface area contributed by atoms with Gasteiger partial charge in [-0.2, -0.15) is 0 Å². The molecule has 0 saturated heterocycles. The molecule has 0 saturated carbocycles. The van der Waals surface area contributed by atoms with Crippen LogP contribution in [0.4, 0.5) is 5.13 Å². The van der Waals surface area contributed by atoms with E-state index < -0.39 is 0 Å². The summed E-state index contributed by atoms with van der Waals surface area (Å²) < 4.78 is 0. The molecule has 1 aromatic heterocycles. The first-order valence-electron chi connectivity index (χ1n) is 7.60. The lowest BCUT2D eigenvalue weighted by Gasteiger charge is -2.26. The van der Waals surface area contributed by atoms with E-state index >= 15 is 0 Å². The van der Waals surface area contributed by atoms with Gasteiger partial charge in [-0.3, -0.25) is 14.9 Å². The molecule has 1 aromatic carbocycles. The lowest BCUT2D eigenvalue weighted by atomic mass is 9.78. The second-order valence-electron chi connectivity index (χ2n) is 6.58. The quantitative estimate of drug-likeness (QED) is 0.813. The number of amides is 1. The first kappa shape index (κ1) is 16.9. The molecule has 1 heterocycles. The highest BCUT2D eigenvalue weighted by molar-refractivity contribution is 7.17. The van der Waals surface area contributed by atoms with Crippen LogP contribution in [0.15, 0.2) is 30.3 Å². The fourth-order valence-corrected chi connectivity index (χ4v) is 3.82. The zero-order valence-electron chi connectivity index (χ0n) is 13.4. The summed E-state index contributed by atoms with van der Waals surface area (Å²) in [6, 6.07) is 7.28. The summed E-state index contributed by atoms with van der Waals surface area (Å²) in [5.74, 6) is -0.196. The van der Waals surface area contributed by atoms with Crippen molar-refractivity contribution in [1.82, 2.24) is 4.98 Å². The molecule has 24 heavy (non-hydrogen) atoms. The highest BCUT2D eigenvalue weighted by Gasteiger charge is 2.33. The number of hydrogen-bond donors (Lipinski definition) is 1. The smallest absolute Gasteiger partial charge is 0.250 e. The Balaban J connectivity index is 1.72. The van der Waals surface area contributed by atoms with E-state index in [-0.39, 0.29) is 17.1 Å². The van der Waals surface area contributed by atoms with Gasteiger partial charge >= 0.3 is 0 Å². The van der Waals surface area contributed by atoms with E-state index in [4.69, 9.17) is 11.6 Å². The molecule has 0 unspecified atom stereocenters. The number of nitrogens with zero attached hydrogens (tertiary/aromatic N) is 1. The number of aromatic nitrogens is 1. The number of nitrogens with one attached hydrogen (secondary N) is 1. The van der Waals surface area contributed by atoms with Crippen molar-refractivity contribution in [3.63, 3.8) is 0 Å². The van der Waals surface area contributed by atoms with E-state index in [2.05, 4.69) is 24.1 Å². The van der Waals surface area contributed by atoms with E-state index in [1.165, 1.54) is 17.4 Å². The van der Waals surface area contributed by atoms with Gasteiger partial charge in [-0.15, -0.1) is 0 Å². The van der Waals surface area contributed by atoms with Crippen LogP contribution in [-0.4, -0.2) is 16.7 Å². The summed E-state index contributed by atoms with van der Waals surface area (Å²) in [6.45, 7) is 4.11. The monoisotopic (exact) mass is 360 g/mol. The van der Waals surface area contributed by atoms with Crippen molar-refractivity contribution in [2.24, 2.45) is 5.41 Å². The maximum atomic E-state index is 12.2. The maximum Gasteiger partial charge on any atom is 0.250 e. The largest absolute Gasteiger partial charge is 0.298 e. The maximum absolute atomic E-state index is 12.2. The highest BCUT2D eigenvalue weighted by Crippen LogP contribution is 2.38. The van der Waals surface area contributed by atoms with Crippen molar-refractivity contribution in [1.29, 1.82) is 0 Å². The predicted octanol–water partition coefficient (Wildman–Crippen LogP) is 4.60. The van der Waals surface area contributed by atoms with E-state index in [9.17, 15) is 9.59 Å². The van der Waals surface area contributed by atoms with Gasteiger partial charge in [-0.05, 0) is 29.5 Å². The van der Waals surface area contributed by atoms with Crippen molar-refractivity contribution < 1.29 is 9.59 Å². The molecule has 0 bridgehead atoms. The Hall–Kier alpha value is -1.98. The number of fused-ring (bicyclic) bond motifs is 1. The number of benzene rings is 1. The number of ketones is 1. The molecule has 0 aliphatic heterocycles. The number of anilines is 1. The number of carbonyl (C=O) groups is 2. The van der Waals surface area contributed by atoms with Crippen LogP contribution in [0.5, 0.6) is 0 Å². The Kier molecular flexibility index (Phi) is 4.56. The lowest BCUT2D eigenvalue weighted by Crippen LogP contribution is -2.26. The van der Waals surface area contributed by atoms with Gasteiger partial charge in [0, 0.05) is 17.5 Å². The molecule has 0 spiro atoms. The number of hydrogen-bond acceptors (Lipinski definition) is 4. The van der Waals surface area contributed by atoms with Crippen LogP contribution < -0.4 is 5.32 Å². The average Bonchev–Trinajstić information content (AvgIpc) is 2.87. The minimum Gasteiger partial charge on any atom is -0.298 e. The van der Waals surface area contributed by atoms with Crippen LogP contribution in [0.3, 0.4) is 0 Å². The van der Waals surface area contributed by atoms with Crippen molar-refractivity contribution in [3.05, 3.63) is 51.5 Å². The third kappa shape index (κ3) is 3.74. The molecule has 0 radical (unpaired) electrons. The Bertz CT molecular complexity index is 839. The molecule has 1 aliphatic carbocycles. The van der Waals surface area contributed by atoms with Gasteiger partial charge in [0.2, 0.25) is 5.91 Å². The van der Waals surface area contributed by atoms with Crippen molar-refractivity contribution >= 4 is 45.8 Å². The molecule has 124 valence electrons. The Labute approximate surface area is 149 Å². The minimum atomic E-state index is -0.298. The topological polar surface area (TPSA) is 59.1 Å². The molecule has 2 aromatic rings. The van der Waals surface area contributed by atoms with Crippen molar-refractivity contribution in [2.45, 2.75) is 26.7 Å². The van der Waals surface area contributed by atoms with Gasteiger partial charge in [0.25, 0.3) is 0 Å². The first-order chi connectivity index (χ1) is 11.3. The van der Waals surface area contributed by atoms with E-state index in [0.717, 1.165) is 17.7 Å². The summed E-state index contributed by atoms with van der Waals surface area (Å²) >= 11 is 7.29. The van der Waals surface area contributed by atoms with Gasteiger partial charge in [-0.25, -0.2) is 4.98 Å². The molecule has 0 atom stereocenters. The van der Waals surface area contributed by atoms with E-state index in [1.54, 1.807) is 12.1 Å². The Morgan fingerprint density at radius 3 is 2.83 bits per heavy atom. The molecule has 4 nitrogen and oxygen atoms in total. The van der Waals surface area contributed by atoms with Crippen molar-refractivity contribution in [3.8, 4) is 0 Å².